The fourth-order valence-corrected chi connectivity index (χ4v) is 3.94. The number of fused-ring (bicyclic) bond motifs is 1. The second-order valence-electron chi connectivity index (χ2n) is 8.14. The van der Waals surface area contributed by atoms with E-state index in [2.05, 4.69) is 29.2 Å². The molecule has 1 aromatic carbocycles. The van der Waals surface area contributed by atoms with Crippen LogP contribution in [-0.4, -0.2) is 52.4 Å². The third-order valence-electron chi connectivity index (χ3n) is 5.45. The normalized spacial score (nSPS) is 15.0. The van der Waals surface area contributed by atoms with Crippen LogP contribution in [-0.2, 0) is 10.3 Å². The monoisotopic (exact) mass is 448 g/mol. The highest BCUT2D eigenvalue weighted by Crippen LogP contribution is 2.37. The fourth-order valence-electron chi connectivity index (χ4n) is 3.94. The number of nitrogens with zero attached hydrogens (tertiary/aromatic N) is 4. The van der Waals surface area contributed by atoms with Gasteiger partial charge >= 0.3 is 0 Å². The first kappa shape index (κ1) is 24.2. The van der Waals surface area contributed by atoms with Gasteiger partial charge in [-0.1, -0.05) is 24.3 Å². The number of rotatable bonds is 5. The van der Waals surface area contributed by atoms with Crippen molar-refractivity contribution in [2.24, 2.45) is 5.73 Å². The molecule has 1 aliphatic rings. The second kappa shape index (κ2) is 10.4. The molecular weight excluding hydrogens is 416 g/mol. The van der Waals surface area contributed by atoms with Crippen LogP contribution in [0.2, 0.25) is 0 Å². The summed E-state index contributed by atoms with van der Waals surface area (Å²) in [5.41, 5.74) is 8.42. The maximum absolute atomic E-state index is 10.8. The number of allylic oxidation sites excluding steroid dienone is 1. The molecular formula is C25H32N6O2. The molecule has 0 radical (unpaired) electrons. The van der Waals surface area contributed by atoms with Crippen molar-refractivity contribution in [3.8, 4) is 11.1 Å². The van der Waals surface area contributed by atoms with Crippen LogP contribution in [0.4, 0.5) is 5.82 Å². The van der Waals surface area contributed by atoms with Crippen molar-refractivity contribution in [3.05, 3.63) is 61.3 Å². The van der Waals surface area contributed by atoms with Gasteiger partial charge in [-0.15, -0.1) is 13.2 Å². The topological polar surface area (TPSA) is 113 Å². The number of hydrogen-bond acceptors (Lipinski definition) is 7. The van der Waals surface area contributed by atoms with Crippen molar-refractivity contribution in [1.29, 1.82) is 5.41 Å². The summed E-state index contributed by atoms with van der Waals surface area (Å²) in [6, 6.07) is 9.89. The molecule has 1 fully saturated rings. The van der Waals surface area contributed by atoms with Crippen molar-refractivity contribution in [2.75, 3.05) is 31.2 Å². The largest absolute Gasteiger partial charge is 0.386 e. The number of pyridine rings is 1. The minimum absolute atomic E-state index is 0.315. The van der Waals surface area contributed by atoms with E-state index in [-0.39, 0.29) is 0 Å². The van der Waals surface area contributed by atoms with Crippen molar-refractivity contribution >= 4 is 28.9 Å². The Hall–Kier alpha value is -3.49. The average molecular weight is 449 g/mol. The molecule has 0 aliphatic carbocycles. The smallest absolute Gasteiger partial charge is 0.167 e. The molecule has 8 nitrogen and oxygen atoms in total. The number of hydrogen-bond donors (Lipinski definition) is 3. The average Bonchev–Trinajstić information content (AvgIpc) is 3.05. The molecule has 3 heterocycles. The lowest BCUT2D eigenvalue weighted by molar-refractivity contribution is 0.0792. The zero-order valence-corrected chi connectivity index (χ0v) is 19.3. The molecule has 4 rings (SSSR count). The molecule has 0 spiro atoms. The summed E-state index contributed by atoms with van der Waals surface area (Å²) in [5.74, 6) is 1.12. The van der Waals surface area contributed by atoms with Gasteiger partial charge in [-0.2, -0.15) is 9.78 Å². The summed E-state index contributed by atoms with van der Waals surface area (Å²) in [4.78, 5) is 7.10. The van der Waals surface area contributed by atoms with E-state index in [1.54, 1.807) is 24.7 Å². The zero-order valence-electron chi connectivity index (χ0n) is 19.3. The highest BCUT2D eigenvalue weighted by molar-refractivity contribution is 5.96. The number of ether oxygens (including phenoxy) is 1. The van der Waals surface area contributed by atoms with Crippen LogP contribution >= 0.6 is 0 Å². The van der Waals surface area contributed by atoms with Gasteiger partial charge in [0.1, 0.15) is 11.6 Å². The quantitative estimate of drug-likeness (QED) is 0.405. The molecule has 4 N–H and O–H groups in total. The minimum Gasteiger partial charge on any atom is -0.386 e. The summed E-state index contributed by atoms with van der Waals surface area (Å²) in [6.07, 6.45) is 5.26. The van der Waals surface area contributed by atoms with Crippen LogP contribution < -0.4 is 10.6 Å². The molecule has 8 heteroatoms. The van der Waals surface area contributed by atoms with Gasteiger partial charge in [0.25, 0.3) is 0 Å². The molecule has 0 bridgehead atoms. The molecule has 1 aliphatic heterocycles. The van der Waals surface area contributed by atoms with Gasteiger partial charge in [0.05, 0.1) is 18.4 Å². The molecule has 0 atom stereocenters. The predicted octanol–water partition coefficient (Wildman–Crippen LogP) is 3.76. The molecule has 0 unspecified atom stereocenters. The Morgan fingerprint density at radius 3 is 2.70 bits per heavy atom. The second-order valence-corrected chi connectivity index (χ2v) is 8.14. The van der Waals surface area contributed by atoms with E-state index >= 15 is 0 Å². The first-order valence-corrected chi connectivity index (χ1v) is 10.9. The van der Waals surface area contributed by atoms with Gasteiger partial charge in [0, 0.05) is 31.3 Å². The minimum atomic E-state index is -1.02. The Kier molecular flexibility index (Phi) is 7.63. The maximum atomic E-state index is 10.8. The lowest BCUT2D eigenvalue weighted by Gasteiger charge is -2.24. The van der Waals surface area contributed by atoms with Crippen LogP contribution in [0.15, 0.2) is 55.8 Å². The van der Waals surface area contributed by atoms with Crippen molar-refractivity contribution in [3.63, 3.8) is 0 Å². The van der Waals surface area contributed by atoms with E-state index < -0.39 is 5.60 Å². The number of aromatic nitrogens is 3. The van der Waals surface area contributed by atoms with E-state index in [0.717, 1.165) is 60.2 Å². The zero-order chi connectivity index (χ0) is 24.0. The lowest BCUT2D eigenvalue weighted by atomic mass is 9.89. The number of nitrogens with two attached hydrogens (primary N) is 1. The molecule has 33 heavy (non-hydrogen) atoms. The number of aliphatic hydroxyl groups is 1. The molecule has 1 saturated heterocycles. The van der Waals surface area contributed by atoms with E-state index in [1.165, 1.54) is 6.08 Å². The Bertz CT molecular complexity index is 1140. The third kappa shape index (κ3) is 5.13. The summed E-state index contributed by atoms with van der Waals surface area (Å²) in [7, 11) is 0. The van der Waals surface area contributed by atoms with Crippen LogP contribution in [0.3, 0.4) is 0 Å². The Balaban J connectivity index is 0.00000149. The number of benzene rings is 1. The first-order chi connectivity index (χ1) is 15.9. The van der Waals surface area contributed by atoms with Crippen molar-refractivity contribution in [2.45, 2.75) is 25.9 Å². The molecule has 0 saturated carbocycles. The molecule has 0 amide bonds. The number of nitrogens with one attached hydrogen (secondary N) is 1. The summed E-state index contributed by atoms with van der Waals surface area (Å²) in [5, 5.41) is 23.4. The van der Waals surface area contributed by atoms with Crippen LogP contribution in [0.5, 0.6) is 0 Å². The lowest BCUT2D eigenvalue weighted by Crippen LogP contribution is -2.27. The number of anilines is 1. The maximum Gasteiger partial charge on any atom is 0.167 e. The summed E-state index contributed by atoms with van der Waals surface area (Å²) >= 11 is 0. The van der Waals surface area contributed by atoms with Crippen molar-refractivity contribution in [1.82, 2.24) is 14.8 Å². The van der Waals surface area contributed by atoms with Gasteiger partial charge in [0.2, 0.25) is 0 Å². The van der Waals surface area contributed by atoms with Gasteiger partial charge in [-0.3, -0.25) is 0 Å². The Morgan fingerprint density at radius 2 is 1.97 bits per heavy atom. The Labute approximate surface area is 194 Å². The Morgan fingerprint density at radius 1 is 1.21 bits per heavy atom. The predicted molar refractivity (Wildman–Crippen MR) is 134 cm³/mol. The highest BCUT2D eigenvalue weighted by atomic mass is 16.5. The highest BCUT2D eigenvalue weighted by Gasteiger charge is 2.24. The SMILES string of the molecule is C=C.CC(C)(O)c1ccccc1-c1cc(N2CCCOCC2)nc2c1cnn2/C(N)=C/C=N. The molecule has 3 aromatic rings. The first-order valence-electron chi connectivity index (χ1n) is 10.9. The third-order valence-corrected chi connectivity index (χ3v) is 5.45. The van der Waals surface area contributed by atoms with Gasteiger partial charge in [0.15, 0.2) is 5.65 Å². The summed E-state index contributed by atoms with van der Waals surface area (Å²) in [6.45, 7) is 12.5. The fraction of sp³-hybridized carbons (Fsp3) is 0.320. The van der Waals surface area contributed by atoms with E-state index in [1.807, 2.05) is 24.3 Å². The van der Waals surface area contributed by atoms with Gasteiger partial charge in [-0.25, -0.2) is 4.98 Å². The van der Waals surface area contributed by atoms with Crippen LogP contribution in [0.1, 0.15) is 25.8 Å². The van der Waals surface area contributed by atoms with Crippen LogP contribution in [0, 0.1) is 5.41 Å². The van der Waals surface area contributed by atoms with Gasteiger partial charge < -0.3 is 25.9 Å². The van der Waals surface area contributed by atoms with E-state index in [0.29, 0.717) is 18.1 Å². The van der Waals surface area contributed by atoms with E-state index in [9.17, 15) is 5.11 Å². The summed E-state index contributed by atoms with van der Waals surface area (Å²) < 4.78 is 7.17. The molecule has 2 aromatic heterocycles. The van der Waals surface area contributed by atoms with Gasteiger partial charge in [-0.05, 0) is 49.1 Å². The van der Waals surface area contributed by atoms with E-state index in [4.69, 9.17) is 20.9 Å². The van der Waals surface area contributed by atoms with Crippen molar-refractivity contribution < 1.29 is 9.84 Å². The standard InChI is InChI=1S/C23H28N6O2.C2H4/c1-23(2,30)19-7-4-3-6-16(19)17-14-21(28-10-5-12-31-13-11-28)27-22-18(17)15-26-29(22)20(25)8-9-24;1-2/h3-4,6-9,14-15,24,30H,5,10-13,25H2,1-2H3;1-2H2/b20-8+,24-9?;. The van der Waals surface area contributed by atoms with Crippen LogP contribution in [0.25, 0.3) is 28.0 Å². The molecule has 174 valence electrons.